The molecule has 0 bridgehead atoms. The summed E-state index contributed by atoms with van der Waals surface area (Å²) in [6, 6.07) is 0. The van der Waals surface area contributed by atoms with Crippen LogP contribution in [0.1, 0.15) is 337 Å². The second-order valence-electron chi connectivity index (χ2n) is 25.9. The van der Waals surface area contributed by atoms with E-state index < -0.39 is 97.5 Å². The number of unbranched alkanes of at least 4 members (excludes halogenated alkanes) is 35. The van der Waals surface area contributed by atoms with Gasteiger partial charge in [-0.3, -0.25) is 37.3 Å². The molecule has 0 aromatic rings. The summed E-state index contributed by atoms with van der Waals surface area (Å²) < 4.78 is 68.1. The summed E-state index contributed by atoms with van der Waals surface area (Å²) in [7, 11) is -9.91. The smallest absolute Gasteiger partial charge is 0.462 e. The van der Waals surface area contributed by atoms with Crippen molar-refractivity contribution in [2.75, 3.05) is 39.6 Å². The number of carbonyl (C=O) groups excluding carboxylic acids is 4. The molecule has 530 valence electrons. The van der Waals surface area contributed by atoms with E-state index in [1.54, 1.807) is 0 Å². The fourth-order valence-corrected chi connectivity index (χ4v) is 11.8. The zero-order valence-corrected chi connectivity index (χ0v) is 59.7. The van der Waals surface area contributed by atoms with Gasteiger partial charge in [0.2, 0.25) is 0 Å². The fraction of sp³-hybridized carbons (Fsp3) is 0.887. The topological polar surface area (TPSA) is 237 Å². The highest BCUT2D eigenvalue weighted by Crippen LogP contribution is 2.45. The number of phosphoric acid groups is 2. The second-order valence-corrected chi connectivity index (χ2v) is 28.8. The van der Waals surface area contributed by atoms with E-state index in [1.165, 1.54) is 135 Å². The number of aliphatic hydroxyl groups is 1. The minimum atomic E-state index is -4.96. The van der Waals surface area contributed by atoms with Crippen molar-refractivity contribution in [3.63, 3.8) is 0 Å². The molecule has 5 atom stereocenters. The number of carbonyl (C=O) groups is 4. The molecule has 2 unspecified atom stereocenters. The van der Waals surface area contributed by atoms with Crippen molar-refractivity contribution in [3.05, 3.63) is 24.3 Å². The van der Waals surface area contributed by atoms with Crippen LogP contribution < -0.4 is 0 Å². The van der Waals surface area contributed by atoms with E-state index in [1.807, 2.05) is 0 Å². The van der Waals surface area contributed by atoms with Crippen molar-refractivity contribution in [3.8, 4) is 0 Å². The number of rotatable bonds is 68. The summed E-state index contributed by atoms with van der Waals surface area (Å²) in [5.41, 5.74) is 0. The van der Waals surface area contributed by atoms with Gasteiger partial charge in [0, 0.05) is 25.7 Å². The van der Waals surface area contributed by atoms with Crippen LogP contribution >= 0.6 is 15.6 Å². The molecule has 0 heterocycles. The molecule has 0 aliphatic carbocycles. The van der Waals surface area contributed by atoms with Crippen molar-refractivity contribution in [2.24, 2.45) is 11.8 Å². The zero-order chi connectivity index (χ0) is 66.5. The molecule has 90 heavy (non-hydrogen) atoms. The van der Waals surface area contributed by atoms with Crippen LogP contribution in [0.3, 0.4) is 0 Å². The first-order valence-electron chi connectivity index (χ1n) is 36.3. The molecule has 0 radical (unpaired) electrons. The third-order valence-corrected chi connectivity index (χ3v) is 17.7. The predicted octanol–water partition coefficient (Wildman–Crippen LogP) is 19.9. The third kappa shape index (κ3) is 64.3. The lowest BCUT2D eigenvalue weighted by Crippen LogP contribution is -2.30. The summed E-state index contributed by atoms with van der Waals surface area (Å²) in [5.74, 6) is -0.609. The Bertz CT molecular complexity index is 1850. The molecule has 0 amide bonds. The number of ether oxygens (including phenoxy) is 4. The molecular weight excluding hydrogens is 1190 g/mol. The van der Waals surface area contributed by atoms with Gasteiger partial charge in [-0.15, -0.1) is 0 Å². The molecule has 0 aliphatic heterocycles. The van der Waals surface area contributed by atoms with Gasteiger partial charge in [0.25, 0.3) is 0 Å². The molecule has 0 saturated carbocycles. The van der Waals surface area contributed by atoms with Gasteiger partial charge >= 0.3 is 39.5 Å². The van der Waals surface area contributed by atoms with Crippen molar-refractivity contribution < 1.29 is 80.2 Å². The number of aliphatic hydroxyl groups excluding tert-OH is 1. The monoisotopic (exact) mass is 1320 g/mol. The van der Waals surface area contributed by atoms with Crippen LogP contribution in [0, 0.1) is 11.8 Å². The SMILES string of the molecule is CCCCCC/C=C\C=C/CCCCCCCC(=O)O[C@H](COC(=O)CCCCCCCCCCCCCCC(C)C)COP(=O)(O)OC[C@@H](O)COP(=O)(O)OC[C@@H](COC(=O)CCCCCCC)OC(=O)CCCCCCCCCCCCCCC(C)C. The summed E-state index contributed by atoms with van der Waals surface area (Å²) >= 11 is 0. The molecule has 0 rings (SSSR count). The maximum atomic E-state index is 13.0. The maximum Gasteiger partial charge on any atom is 0.472 e. The van der Waals surface area contributed by atoms with Crippen LogP contribution in [-0.4, -0.2) is 96.7 Å². The standard InChI is InChI=1S/C71H134O17P2/c1-7-9-11-13-14-15-16-17-18-19-27-32-37-43-49-56-71(76)88-67(60-82-69(74)54-48-42-36-31-26-22-20-24-29-34-40-45-51-63(3)4)62-86-90(79,80)84-58-65(72)57-83-89(77,78)85-61-66(59-81-68(73)53-47-39-12-10-8-2)87-70(75)55-50-44-38-33-28-23-21-25-30-35-41-46-52-64(5)6/h15-18,63-67,72H,7-14,19-62H2,1-6H3,(H,77,78)(H,79,80)/b16-15-,18-17-/t65-,66+,67+/m0/s1. The van der Waals surface area contributed by atoms with Gasteiger partial charge < -0.3 is 33.8 Å². The van der Waals surface area contributed by atoms with Crippen LogP contribution in [-0.2, 0) is 65.4 Å². The van der Waals surface area contributed by atoms with E-state index in [0.717, 1.165) is 121 Å². The third-order valence-electron chi connectivity index (χ3n) is 15.8. The van der Waals surface area contributed by atoms with Crippen molar-refractivity contribution in [1.82, 2.24) is 0 Å². The Morgan fingerprint density at radius 2 is 0.600 bits per heavy atom. The fourth-order valence-electron chi connectivity index (χ4n) is 10.2. The highest BCUT2D eigenvalue weighted by atomic mass is 31.2. The molecule has 0 spiro atoms. The molecule has 17 nitrogen and oxygen atoms in total. The van der Waals surface area contributed by atoms with Crippen LogP contribution in [0.4, 0.5) is 0 Å². The minimum Gasteiger partial charge on any atom is -0.462 e. The number of hydrogen-bond acceptors (Lipinski definition) is 15. The van der Waals surface area contributed by atoms with Crippen molar-refractivity contribution in [1.29, 1.82) is 0 Å². The van der Waals surface area contributed by atoms with Crippen LogP contribution in [0.15, 0.2) is 24.3 Å². The summed E-state index contributed by atoms with van der Waals surface area (Å²) in [4.78, 5) is 72.3. The molecule has 0 saturated heterocycles. The quantitative estimate of drug-likeness (QED) is 0.0169. The zero-order valence-electron chi connectivity index (χ0n) is 57.9. The molecule has 0 aromatic heterocycles. The number of allylic oxidation sites excluding steroid dienone is 4. The van der Waals surface area contributed by atoms with Crippen LogP contribution in [0.2, 0.25) is 0 Å². The predicted molar refractivity (Wildman–Crippen MR) is 363 cm³/mol. The number of esters is 4. The highest BCUT2D eigenvalue weighted by molar-refractivity contribution is 7.47. The minimum absolute atomic E-state index is 0.0849. The van der Waals surface area contributed by atoms with E-state index in [9.17, 15) is 43.2 Å². The van der Waals surface area contributed by atoms with E-state index in [4.69, 9.17) is 37.0 Å². The lowest BCUT2D eigenvalue weighted by Gasteiger charge is -2.21. The Balaban J connectivity index is 5.19. The lowest BCUT2D eigenvalue weighted by molar-refractivity contribution is -0.161. The van der Waals surface area contributed by atoms with E-state index >= 15 is 0 Å². The Hall–Kier alpha value is -2.46. The Morgan fingerprint density at radius 1 is 0.344 bits per heavy atom. The van der Waals surface area contributed by atoms with Gasteiger partial charge in [-0.1, -0.05) is 284 Å². The highest BCUT2D eigenvalue weighted by Gasteiger charge is 2.30. The second kappa shape index (κ2) is 62.6. The first kappa shape index (κ1) is 87.5. The van der Waals surface area contributed by atoms with Gasteiger partial charge in [-0.2, -0.15) is 0 Å². The largest absolute Gasteiger partial charge is 0.472 e. The average Bonchev–Trinajstić information content (AvgIpc) is 2.90. The van der Waals surface area contributed by atoms with Gasteiger partial charge in [-0.25, -0.2) is 9.13 Å². The van der Waals surface area contributed by atoms with Crippen molar-refractivity contribution in [2.45, 2.75) is 355 Å². The summed E-state index contributed by atoms with van der Waals surface area (Å²) in [5, 5.41) is 10.6. The molecular formula is C71H134O17P2. The molecule has 0 fully saturated rings. The maximum absolute atomic E-state index is 13.0. The molecule has 0 aliphatic rings. The number of phosphoric ester groups is 2. The van der Waals surface area contributed by atoms with E-state index in [-0.39, 0.29) is 25.7 Å². The number of hydrogen-bond donors (Lipinski definition) is 3. The molecule has 19 heteroatoms. The van der Waals surface area contributed by atoms with Crippen LogP contribution in [0.25, 0.3) is 0 Å². The summed E-state index contributed by atoms with van der Waals surface area (Å²) in [6.45, 7) is 9.42. The normalized spacial score (nSPS) is 14.3. The Morgan fingerprint density at radius 3 is 0.911 bits per heavy atom. The van der Waals surface area contributed by atoms with Crippen LogP contribution in [0.5, 0.6) is 0 Å². The summed E-state index contributed by atoms with van der Waals surface area (Å²) in [6.07, 6.45) is 51.1. The average molecular weight is 1320 g/mol. The first-order chi connectivity index (χ1) is 43.4. The van der Waals surface area contributed by atoms with Gasteiger partial charge in [-0.05, 0) is 63.2 Å². The Labute approximate surface area is 548 Å². The van der Waals surface area contributed by atoms with E-state index in [0.29, 0.717) is 25.7 Å². The van der Waals surface area contributed by atoms with Gasteiger partial charge in [0.15, 0.2) is 12.2 Å². The first-order valence-corrected chi connectivity index (χ1v) is 39.3. The van der Waals surface area contributed by atoms with E-state index in [2.05, 4.69) is 65.8 Å². The van der Waals surface area contributed by atoms with Gasteiger partial charge in [0.1, 0.15) is 19.3 Å². The van der Waals surface area contributed by atoms with Gasteiger partial charge in [0.05, 0.1) is 26.4 Å². The van der Waals surface area contributed by atoms with Crippen molar-refractivity contribution >= 4 is 39.5 Å². The Kier molecular flexibility index (Phi) is 60.9. The molecule has 0 aromatic carbocycles. The molecule has 3 N–H and O–H groups in total. The lowest BCUT2D eigenvalue weighted by atomic mass is 10.0.